The molecular weight excluding hydrogens is 328 g/mol. The smallest absolute Gasteiger partial charge is 0.302 e. The van der Waals surface area contributed by atoms with E-state index in [2.05, 4.69) is 27.7 Å². The maximum atomic E-state index is 11.6. The number of esters is 1. The van der Waals surface area contributed by atoms with Crippen LogP contribution in [0.25, 0.3) is 0 Å². The van der Waals surface area contributed by atoms with Crippen molar-refractivity contribution in [3.05, 3.63) is 0 Å². The average Bonchev–Trinajstić information content (AvgIpc) is 3.12. The average molecular weight is 365 g/mol. The molecule has 4 nitrogen and oxygen atoms in total. The number of ether oxygens (including phenoxy) is 1. The van der Waals surface area contributed by atoms with Gasteiger partial charge in [-0.25, -0.2) is 0 Å². The fourth-order valence-electron chi connectivity index (χ4n) is 8.31. The highest BCUT2D eigenvalue weighted by atomic mass is 16.5. The summed E-state index contributed by atoms with van der Waals surface area (Å²) in [7, 11) is 0. The molecule has 0 aromatic carbocycles. The number of hydrogen-bond acceptors (Lipinski definition) is 4. The van der Waals surface area contributed by atoms with Gasteiger partial charge in [0.1, 0.15) is 6.10 Å². The molecule has 4 rings (SSSR count). The van der Waals surface area contributed by atoms with Crippen LogP contribution in [0.3, 0.4) is 0 Å². The molecule has 4 saturated carbocycles. The van der Waals surface area contributed by atoms with Crippen LogP contribution in [0.15, 0.2) is 0 Å². The van der Waals surface area contributed by atoms with Crippen molar-refractivity contribution in [2.45, 2.75) is 78.9 Å². The molecule has 0 spiro atoms. The van der Waals surface area contributed by atoms with Crippen molar-refractivity contribution in [1.29, 1.82) is 0 Å². The van der Waals surface area contributed by atoms with Crippen LogP contribution in [0.4, 0.5) is 0 Å². The minimum atomic E-state index is -0.260. The van der Waals surface area contributed by atoms with E-state index in [0.717, 1.165) is 32.1 Å². The first-order valence-corrected chi connectivity index (χ1v) is 10.5. The summed E-state index contributed by atoms with van der Waals surface area (Å²) in [4.78, 5) is 11.6. The Bertz CT molecular complexity index is 601. The predicted molar refractivity (Wildman–Crippen MR) is 99.2 cm³/mol. The fraction of sp³-hybridized carbons (Fsp3) is 0.955. The Labute approximate surface area is 157 Å². The monoisotopic (exact) mass is 364 g/mol. The third-order valence-corrected chi connectivity index (χ3v) is 9.26. The molecule has 0 amide bonds. The van der Waals surface area contributed by atoms with Crippen LogP contribution in [0, 0.1) is 45.8 Å². The highest BCUT2D eigenvalue weighted by molar-refractivity contribution is 5.66. The first-order chi connectivity index (χ1) is 12.0. The second-order valence-electron chi connectivity index (χ2n) is 11.0. The van der Waals surface area contributed by atoms with Gasteiger partial charge >= 0.3 is 5.97 Å². The van der Waals surface area contributed by atoms with Gasteiger partial charge in [0.2, 0.25) is 0 Å². The highest BCUT2D eigenvalue weighted by Gasteiger charge is 2.72. The van der Waals surface area contributed by atoms with Crippen molar-refractivity contribution >= 4 is 5.97 Å². The van der Waals surface area contributed by atoms with Crippen molar-refractivity contribution in [1.82, 2.24) is 0 Å². The quantitative estimate of drug-likeness (QED) is 0.737. The number of aliphatic hydroxyl groups is 2. The highest BCUT2D eigenvalue weighted by Crippen LogP contribution is 2.75. The molecule has 4 heteroatoms. The van der Waals surface area contributed by atoms with Gasteiger partial charge in [-0.1, -0.05) is 27.7 Å². The fourth-order valence-corrected chi connectivity index (χ4v) is 8.31. The zero-order valence-corrected chi connectivity index (χ0v) is 17.0. The molecule has 0 aromatic rings. The molecule has 9 atom stereocenters. The Morgan fingerprint density at radius 1 is 1.15 bits per heavy atom. The van der Waals surface area contributed by atoms with Crippen LogP contribution in [0.1, 0.15) is 66.7 Å². The summed E-state index contributed by atoms with van der Waals surface area (Å²) in [6.45, 7) is 11.0. The van der Waals surface area contributed by atoms with Gasteiger partial charge in [-0.15, -0.1) is 0 Å². The van der Waals surface area contributed by atoms with Gasteiger partial charge in [-0.2, -0.15) is 0 Å². The number of aliphatic hydroxyl groups excluding tert-OH is 2. The van der Waals surface area contributed by atoms with Crippen molar-refractivity contribution < 1.29 is 19.7 Å². The number of rotatable bonds is 2. The zero-order chi connectivity index (χ0) is 19.1. The van der Waals surface area contributed by atoms with E-state index >= 15 is 0 Å². The van der Waals surface area contributed by atoms with Crippen LogP contribution in [0.5, 0.6) is 0 Å². The summed E-state index contributed by atoms with van der Waals surface area (Å²) >= 11 is 0. The first-order valence-electron chi connectivity index (χ1n) is 10.5. The van der Waals surface area contributed by atoms with Crippen molar-refractivity contribution in [2.75, 3.05) is 6.61 Å². The van der Waals surface area contributed by atoms with E-state index in [1.807, 2.05) is 0 Å². The van der Waals surface area contributed by atoms with Crippen molar-refractivity contribution in [3.8, 4) is 0 Å². The summed E-state index contributed by atoms with van der Waals surface area (Å²) < 4.78 is 5.71. The topological polar surface area (TPSA) is 66.8 Å². The molecular formula is C22H36O4. The van der Waals surface area contributed by atoms with E-state index in [1.165, 1.54) is 6.92 Å². The SMILES string of the molecule is CC(=O)O[C@H]1CC(C)(C)[C@@H]2C[C@H](O)[C@H]3[C@@H]4[C@@H](CO)[C@]4(C)CC[C@@H]3[C@@]2(C)C1. The van der Waals surface area contributed by atoms with Gasteiger partial charge in [-0.3, -0.25) is 4.79 Å². The van der Waals surface area contributed by atoms with E-state index in [-0.39, 0.29) is 41.0 Å². The lowest BCUT2D eigenvalue weighted by atomic mass is 9.43. The Balaban J connectivity index is 1.68. The van der Waals surface area contributed by atoms with Crippen LogP contribution in [-0.4, -0.2) is 35.0 Å². The van der Waals surface area contributed by atoms with Gasteiger partial charge in [0, 0.05) is 13.5 Å². The Morgan fingerprint density at radius 2 is 1.85 bits per heavy atom. The number of fused-ring (bicyclic) bond motifs is 5. The molecule has 0 aromatic heterocycles. The van der Waals surface area contributed by atoms with Gasteiger partial charge in [-0.05, 0) is 77.9 Å². The minimum absolute atomic E-state index is 0.0132. The Hall–Kier alpha value is -0.610. The number of carbonyl (C=O) groups is 1. The molecule has 0 saturated heterocycles. The summed E-state index contributed by atoms with van der Waals surface area (Å²) in [5.41, 5.74) is 0.370. The van der Waals surface area contributed by atoms with Crippen LogP contribution >= 0.6 is 0 Å². The van der Waals surface area contributed by atoms with Crippen molar-refractivity contribution in [2.24, 2.45) is 45.8 Å². The molecule has 0 heterocycles. The molecule has 26 heavy (non-hydrogen) atoms. The first kappa shape index (κ1) is 18.7. The van der Waals surface area contributed by atoms with Crippen molar-refractivity contribution in [3.63, 3.8) is 0 Å². The second kappa shape index (κ2) is 5.70. The zero-order valence-electron chi connectivity index (χ0n) is 17.0. The second-order valence-corrected chi connectivity index (χ2v) is 11.0. The van der Waals surface area contributed by atoms with Gasteiger partial charge < -0.3 is 14.9 Å². The van der Waals surface area contributed by atoms with E-state index in [4.69, 9.17) is 4.74 Å². The van der Waals surface area contributed by atoms with E-state index < -0.39 is 0 Å². The molecule has 2 N–H and O–H groups in total. The maximum absolute atomic E-state index is 11.6. The minimum Gasteiger partial charge on any atom is -0.463 e. The largest absolute Gasteiger partial charge is 0.463 e. The molecule has 4 fully saturated rings. The third kappa shape index (κ3) is 2.44. The molecule has 0 unspecified atom stereocenters. The summed E-state index contributed by atoms with van der Waals surface area (Å²) in [5.74, 6) is 1.83. The number of carbonyl (C=O) groups excluding carboxylic acids is 1. The summed E-state index contributed by atoms with van der Waals surface area (Å²) in [5, 5.41) is 21.0. The summed E-state index contributed by atoms with van der Waals surface area (Å²) in [6.07, 6.45) is 4.66. The lowest BCUT2D eigenvalue weighted by molar-refractivity contribution is -0.195. The normalized spacial score (nSPS) is 54.5. The Kier molecular flexibility index (Phi) is 4.11. The molecule has 0 bridgehead atoms. The third-order valence-electron chi connectivity index (χ3n) is 9.26. The lowest BCUT2D eigenvalue weighted by Crippen LogP contribution is -2.60. The van der Waals surface area contributed by atoms with E-state index in [1.54, 1.807) is 0 Å². The molecule has 4 aliphatic rings. The molecule has 148 valence electrons. The van der Waals surface area contributed by atoms with Crippen LogP contribution < -0.4 is 0 Å². The lowest BCUT2D eigenvalue weighted by Gasteiger charge is -2.63. The Morgan fingerprint density at radius 3 is 2.46 bits per heavy atom. The summed E-state index contributed by atoms with van der Waals surface area (Å²) in [6, 6.07) is 0. The van der Waals surface area contributed by atoms with E-state index in [0.29, 0.717) is 29.6 Å². The van der Waals surface area contributed by atoms with Gasteiger partial charge in [0.25, 0.3) is 0 Å². The predicted octanol–water partition coefficient (Wildman–Crippen LogP) is 3.40. The molecule has 4 aliphatic carbocycles. The number of hydrogen-bond donors (Lipinski definition) is 2. The van der Waals surface area contributed by atoms with E-state index in [9.17, 15) is 15.0 Å². The van der Waals surface area contributed by atoms with Crippen LogP contribution in [0.2, 0.25) is 0 Å². The maximum Gasteiger partial charge on any atom is 0.302 e. The molecule has 0 radical (unpaired) electrons. The molecule has 0 aliphatic heterocycles. The standard InChI is InChI=1S/C22H36O4/c1-12(24)26-13-9-20(2,3)17-8-16(25)18-14(22(17,5)10-13)6-7-21(4)15(11-23)19(18)21/h13-19,23,25H,6-11H2,1-5H3/t13-,14-,15+,16-,17-,18-,19-,21-,22+/m0/s1. The van der Waals surface area contributed by atoms with Crippen LogP contribution in [-0.2, 0) is 9.53 Å². The van der Waals surface area contributed by atoms with Gasteiger partial charge in [0.15, 0.2) is 0 Å². The van der Waals surface area contributed by atoms with Gasteiger partial charge in [0.05, 0.1) is 6.10 Å².